The fourth-order valence-electron chi connectivity index (χ4n) is 1.47. The highest BCUT2D eigenvalue weighted by Gasteiger charge is 2.05. The van der Waals surface area contributed by atoms with Gasteiger partial charge in [-0.2, -0.15) is 5.10 Å². The van der Waals surface area contributed by atoms with Crippen LogP contribution in [-0.4, -0.2) is 20.8 Å². The highest BCUT2D eigenvalue weighted by atomic mass is 16.2. The lowest BCUT2D eigenvalue weighted by molar-refractivity contribution is 0.251. The van der Waals surface area contributed by atoms with Crippen LogP contribution >= 0.6 is 0 Å². The zero-order valence-electron chi connectivity index (χ0n) is 10.3. The summed E-state index contributed by atoms with van der Waals surface area (Å²) in [7, 11) is 1.83. The maximum atomic E-state index is 11.6. The molecule has 0 saturated carbocycles. The molecule has 2 N–H and O–H groups in total. The van der Waals surface area contributed by atoms with Gasteiger partial charge in [0.25, 0.3) is 0 Å². The second-order valence-corrected chi connectivity index (χ2v) is 3.96. The number of aromatic nitrogens is 3. The largest absolute Gasteiger partial charge is 0.334 e. The lowest BCUT2D eigenvalue weighted by Crippen LogP contribution is -2.28. The van der Waals surface area contributed by atoms with E-state index in [1.807, 2.05) is 32.2 Å². The van der Waals surface area contributed by atoms with Gasteiger partial charge >= 0.3 is 6.03 Å². The van der Waals surface area contributed by atoms with Crippen molar-refractivity contribution in [2.45, 2.75) is 13.5 Å². The second-order valence-electron chi connectivity index (χ2n) is 3.96. The smallest absolute Gasteiger partial charge is 0.320 e. The van der Waals surface area contributed by atoms with Gasteiger partial charge in [-0.05, 0) is 18.6 Å². The molecule has 0 aromatic carbocycles. The Morgan fingerprint density at radius 1 is 1.50 bits per heavy atom. The lowest BCUT2D eigenvalue weighted by Gasteiger charge is -2.04. The summed E-state index contributed by atoms with van der Waals surface area (Å²) in [5.41, 5.74) is 1.93. The molecule has 0 spiro atoms. The van der Waals surface area contributed by atoms with Crippen LogP contribution in [0, 0.1) is 6.92 Å². The van der Waals surface area contributed by atoms with E-state index < -0.39 is 0 Å². The molecule has 0 fully saturated rings. The predicted molar refractivity (Wildman–Crippen MR) is 68.0 cm³/mol. The number of rotatable bonds is 3. The highest BCUT2D eigenvalue weighted by Crippen LogP contribution is 2.06. The molecule has 0 aliphatic rings. The quantitative estimate of drug-likeness (QED) is 0.859. The van der Waals surface area contributed by atoms with Crippen molar-refractivity contribution in [1.82, 2.24) is 20.1 Å². The van der Waals surface area contributed by atoms with Crippen molar-refractivity contribution >= 4 is 11.8 Å². The minimum atomic E-state index is -0.281. The molecule has 18 heavy (non-hydrogen) atoms. The molecule has 0 unspecified atom stereocenters. The van der Waals surface area contributed by atoms with E-state index in [1.165, 1.54) is 0 Å². The molecular weight excluding hydrogens is 230 g/mol. The predicted octanol–water partition coefficient (Wildman–Crippen LogP) is 1.45. The SMILES string of the molecule is Cc1cc(NC(=O)NCc2cccnc2)nn1C. The Balaban J connectivity index is 1.86. The van der Waals surface area contributed by atoms with Crippen molar-refractivity contribution in [2.24, 2.45) is 7.05 Å². The summed E-state index contributed by atoms with van der Waals surface area (Å²) < 4.78 is 1.71. The molecule has 94 valence electrons. The van der Waals surface area contributed by atoms with Crippen molar-refractivity contribution in [3.8, 4) is 0 Å². The first kappa shape index (κ1) is 12.1. The number of hydrogen-bond acceptors (Lipinski definition) is 3. The molecule has 2 amide bonds. The third-order valence-electron chi connectivity index (χ3n) is 2.53. The van der Waals surface area contributed by atoms with Gasteiger partial charge in [0.2, 0.25) is 0 Å². The highest BCUT2D eigenvalue weighted by molar-refractivity contribution is 5.88. The van der Waals surface area contributed by atoms with Gasteiger partial charge in [-0.1, -0.05) is 6.07 Å². The van der Waals surface area contributed by atoms with E-state index in [2.05, 4.69) is 20.7 Å². The van der Waals surface area contributed by atoms with Crippen LogP contribution in [0.4, 0.5) is 10.6 Å². The van der Waals surface area contributed by atoms with Crippen LogP contribution in [0.3, 0.4) is 0 Å². The molecule has 2 rings (SSSR count). The molecule has 0 radical (unpaired) electrons. The number of amides is 2. The van der Waals surface area contributed by atoms with Crippen LogP contribution in [0.15, 0.2) is 30.6 Å². The van der Waals surface area contributed by atoms with E-state index in [-0.39, 0.29) is 6.03 Å². The minimum absolute atomic E-state index is 0.281. The molecule has 2 heterocycles. The van der Waals surface area contributed by atoms with Crippen molar-refractivity contribution in [2.75, 3.05) is 5.32 Å². The molecule has 0 saturated heterocycles. The van der Waals surface area contributed by atoms with Crippen LogP contribution in [0.5, 0.6) is 0 Å². The van der Waals surface area contributed by atoms with Crippen molar-refractivity contribution < 1.29 is 4.79 Å². The summed E-state index contributed by atoms with van der Waals surface area (Å²) in [5.74, 6) is 0.540. The number of anilines is 1. The van der Waals surface area contributed by atoms with E-state index in [0.717, 1.165) is 11.3 Å². The molecule has 6 nitrogen and oxygen atoms in total. The summed E-state index contributed by atoms with van der Waals surface area (Å²) in [6, 6.07) is 5.26. The first-order valence-electron chi connectivity index (χ1n) is 5.59. The standard InChI is InChI=1S/C12H15N5O/c1-9-6-11(16-17(9)2)15-12(18)14-8-10-4-3-5-13-7-10/h3-7H,8H2,1-2H3,(H2,14,15,16,18). The number of nitrogens with one attached hydrogen (secondary N) is 2. The Kier molecular flexibility index (Phi) is 3.57. The van der Waals surface area contributed by atoms with Crippen molar-refractivity contribution in [3.63, 3.8) is 0 Å². The minimum Gasteiger partial charge on any atom is -0.334 e. The molecular formula is C12H15N5O. The first-order chi connectivity index (χ1) is 8.65. The van der Waals surface area contributed by atoms with E-state index in [0.29, 0.717) is 12.4 Å². The number of pyridine rings is 1. The lowest BCUT2D eigenvalue weighted by atomic mass is 10.3. The molecule has 0 aliphatic carbocycles. The van der Waals surface area contributed by atoms with Crippen LogP contribution in [0.25, 0.3) is 0 Å². The molecule has 0 bridgehead atoms. The van der Waals surface area contributed by atoms with Gasteiger partial charge < -0.3 is 5.32 Å². The summed E-state index contributed by atoms with van der Waals surface area (Å²) in [6.07, 6.45) is 3.41. The molecule has 2 aromatic rings. The zero-order chi connectivity index (χ0) is 13.0. The average molecular weight is 245 g/mol. The number of carbonyl (C=O) groups is 1. The number of aryl methyl sites for hydroxylation is 2. The Hall–Kier alpha value is -2.37. The summed E-state index contributed by atoms with van der Waals surface area (Å²) >= 11 is 0. The van der Waals surface area contributed by atoms with Crippen LogP contribution in [0.1, 0.15) is 11.3 Å². The summed E-state index contributed by atoms with van der Waals surface area (Å²) in [4.78, 5) is 15.6. The Morgan fingerprint density at radius 2 is 2.33 bits per heavy atom. The number of carbonyl (C=O) groups excluding carboxylic acids is 1. The van der Waals surface area contributed by atoms with Gasteiger partial charge in [-0.15, -0.1) is 0 Å². The van der Waals surface area contributed by atoms with E-state index in [4.69, 9.17) is 0 Å². The molecule has 2 aromatic heterocycles. The van der Waals surface area contributed by atoms with Crippen molar-refractivity contribution in [3.05, 3.63) is 41.9 Å². The Morgan fingerprint density at radius 3 is 2.94 bits per heavy atom. The Labute approximate surface area is 105 Å². The van der Waals surface area contributed by atoms with Gasteiger partial charge in [0.05, 0.1) is 0 Å². The molecule has 6 heteroatoms. The van der Waals surface area contributed by atoms with Gasteiger partial charge in [0.15, 0.2) is 5.82 Å². The summed E-state index contributed by atoms with van der Waals surface area (Å²) in [6.45, 7) is 2.36. The van der Waals surface area contributed by atoms with Gasteiger partial charge in [-0.3, -0.25) is 15.0 Å². The maximum Gasteiger partial charge on any atom is 0.320 e. The fourth-order valence-corrected chi connectivity index (χ4v) is 1.47. The van der Waals surface area contributed by atoms with Gasteiger partial charge in [-0.25, -0.2) is 4.79 Å². The topological polar surface area (TPSA) is 71.8 Å². The molecule has 0 atom stereocenters. The van der Waals surface area contributed by atoms with Crippen LogP contribution in [0.2, 0.25) is 0 Å². The van der Waals surface area contributed by atoms with Crippen molar-refractivity contribution in [1.29, 1.82) is 0 Å². The fraction of sp³-hybridized carbons (Fsp3) is 0.250. The van der Waals surface area contributed by atoms with Gasteiger partial charge in [0, 0.05) is 37.7 Å². The maximum absolute atomic E-state index is 11.6. The number of nitrogens with zero attached hydrogens (tertiary/aromatic N) is 3. The van der Waals surface area contributed by atoms with Crippen LogP contribution < -0.4 is 10.6 Å². The normalized spacial score (nSPS) is 10.1. The van der Waals surface area contributed by atoms with E-state index in [1.54, 1.807) is 17.1 Å². The third-order valence-corrected chi connectivity index (χ3v) is 2.53. The summed E-state index contributed by atoms with van der Waals surface area (Å²) in [5, 5.41) is 9.55. The van der Waals surface area contributed by atoms with E-state index in [9.17, 15) is 4.79 Å². The monoisotopic (exact) mass is 245 g/mol. The Bertz CT molecular complexity index is 515. The van der Waals surface area contributed by atoms with Gasteiger partial charge in [0.1, 0.15) is 0 Å². The number of hydrogen-bond donors (Lipinski definition) is 2. The average Bonchev–Trinajstić information content (AvgIpc) is 2.67. The van der Waals surface area contributed by atoms with E-state index >= 15 is 0 Å². The first-order valence-corrected chi connectivity index (χ1v) is 5.59. The van der Waals surface area contributed by atoms with Crippen LogP contribution in [-0.2, 0) is 13.6 Å². The number of urea groups is 1. The zero-order valence-corrected chi connectivity index (χ0v) is 10.3. The molecule has 0 aliphatic heterocycles. The second kappa shape index (κ2) is 5.31. The third kappa shape index (κ3) is 3.07.